The molecular weight excluding hydrogens is 493 g/mol. The minimum absolute atomic E-state index is 0. The van der Waals surface area contributed by atoms with E-state index in [9.17, 15) is 0 Å². The maximum atomic E-state index is 2.44. The van der Waals surface area contributed by atoms with E-state index in [1.165, 1.54) is 11.1 Å². The Morgan fingerprint density at radius 1 is 0.636 bits per heavy atom. The van der Waals surface area contributed by atoms with E-state index in [-0.39, 0.29) is 50.7 Å². The zero-order chi connectivity index (χ0) is 12.7. The van der Waals surface area contributed by atoms with Crippen LogP contribution in [0.4, 0.5) is 0 Å². The van der Waals surface area contributed by atoms with E-state index in [0.29, 0.717) is 0 Å². The van der Waals surface area contributed by atoms with Gasteiger partial charge in [-0.15, -0.1) is 24.8 Å². The van der Waals surface area contributed by atoms with Gasteiger partial charge in [0.05, 0.1) is 0 Å². The van der Waals surface area contributed by atoms with Crippen LogP contribution in [-0.2, 0) is 23.2 Å². The molecule has 0 spiro atoms. The SMILES string of the molecule is C1=C[CH]([Zr][CH]2C=Cc3ccccc32)c2ccccc21.Cl.Cl.[In]. The van der Waals surface area contributed by atoms with Gasteiger partial charge in [-0.05, 0) is 0 Å². The largest absolute Gasteiger partial charge is 0.147 e. The molecule has 0 fully saturated rings. The number of rotatable bonds is 2. The van der Waals surface area contributed by atoms with E-state index >= 15 is 0 Å². The zero-order valence-electron chi connectivity index (χ0n) is 12.0. The van der Waals surface area contributed by atoms with Crippen LogP contribution in [0.25, 0.3) is 12.2 Å². The molecule has 109 valence electrons. The van der Waals surface area contributed by atoms with Crippen molar-refractivity contribution < 1.29 is 23.2 Å². The Kier molecular flexibility index (Phi) is 8.23. The summed E-state index contributed by atoms with van der Waals surface area (Å²) in [6.07, 6.45) is 9.49. The van der Waals surface area contributed by atoms with Crippen molar-refractivity contribution in [1.82, 2.24) is 0 Å². The number of allylic oxidation sites excluding steroid dienone is 2. The van der Waals surface area contributed by atoms with Gasteiger partial charge in [0.1, 0.15) is 0 Å². The first kappa shape index (κ1) is 20.3. The Bertz CT molecular complexity index is 637. The van der Waals surface area contributed by atoms with Gasteiger partial charge in [-0.25, -0.2) is 0 Å². The summed E-state index contributed by atoms with van der Waals surface area (Å²) in [5.41, 5.74) is 5.99. The first-order valence-corrected chi connectivity index (χ1v) is 9.56. The number of halogens is 2. The van der Waals surface area contributed by atoms with E-state index in [1.807, 2.05) is 0 Å². The van der Waals surface area contributed by atoms with Gasteiger partial charge in [0.25, 0.3) is 0 Å². The van der Waals surface area contributed by atoms with Crippen LogP contribution in [0.5, 0.6) is 0 Å². The van der Waals surface area contributed by atoms with Crippen LogP contribution < -0.4 is 0 Å². The molecule has 0 saturated carbocycles. The molecule has 0 saturated heterocycles. The standard InChI is InChI=1S/2C9H7.2ClH.In.Zr/c2*1-2-5-9-7-3-6-8(9)4-1;;;;/h2*1-7H;2*1H;;. The minimum atomic E-state index is -0.542. The number of hydrogen-bond acceptors (Lipinski definition) is 0. The van der Waals surface area contributed by atoms with Gasteiger partial charge >= 0.3 is 126 Å². The molecule has 2 aromatic carbocycles. The van der Waals surface area contributed by atoms with Crippen molar-refractivity contribution in [2.75, 3.05) is 0 Å². The fourth-order valence-electron chi connectivity index (χ4n) is 2.98. The fraction of sp³-hybridized carbons (Fsp3) is 0.111. The zero-order valence-corrected chi connectivity index (χ0v) is 19.4. The van der Waals surface area contributed by atoms with Gasteiger partial charge in [0.2, 0.25) is 0 Å². The van der Waals surface area contributed by atoms with Gasteiger partial charge in [0, 0.05) is 25.8 Å². The summed E-state index contributed by atoms with van der Waals surface area (Å²) in [5.74, 6) is 0. The Labute approximate surface area is 174 Å². The van der Waals surface area contributed by atoms with Crippen LogP contribution in [0.15, 0.2) is 60.7 Å². The Morgan fingerprint density at radius 3 is 1.50 bits per heavy atom. The monoisotopic (exact) mass is 507 g/mol. The third-order valence-electron chi connectivity index (χ3n) is 3.96. The second kappa shape index (κ2) is 8.93. The van der Waals surface area contributed by atoms with Crippen LogP contribution in [0, 0.1) is 0 Å². The number of fused-ring (bicyclic) bond motifs is 2. The van der Waals surface area contributed by atoms with Crippen molar-refractivity contribution in [3.05, 3.63) is 82.9 Å². The summed E-state index contributed by atoms with van der Waals surface area (Å²) in [6, 6.07) is 17.7. The van der Waals surface area contributed by atoms with Gasteiger partial charge in [-0.2, -0.15) is 0 Å². The van der Waals surface area contributed by atoms with Crippen LogP contribution in [0.2, 0.25) is 0 Å². The summed E-state index contributed by atoms with van der Waals surface area (Å²) in [5, 5.41) is 0. The molecule has 0 aliphatic heterocycles. The predicted octanol–water partition coefficient (Wildman–Crippen LogP) is 5.07. The predicted molar refractivity (Wildman–Crippen MR) is 96.7 cm³/mol. The maximum Gasteiger partial charge on any atom is 0 e. The molecule has 2 aromatic rings. The van der Waals surface area contributed by atoms with Crippen LogP contribution in [0.1, 0.15) is 29.5 Å². The van der Waals surface area contributed by atoms with Crippen molar-refractivity contribution in [2.24, 2.45) is 0 Å². The van der Waals surface area contributed by atoms with Crippen molar-refractivity contribution in [1.29, 1.82) is 0 Å². The van der Waals surface area contributed by atoms with E-state index in [2.05, 4.69) is 72.8 Å². The molecule has 4 heteroatoms. The average molecular weight is 509 g/mol. The van der Waals surface area contributed by atoms with Crippen LogP contribution >= 0.6 is 24.8 Å². The molecule has 0 nitrogen and oxygen atoms in total. The molecule has 4 rings (SSSR count). The molecule has 3 radical (unpaired) electrons. The molecule has 2 aliphatic rings. The molecule has 2 unspecified atom stereocenters. The van der Waals surface area contributed by atoms with Gasteiger partial charge in [0.15, 0.2) is 0 Å². The van der Waals surface area contributed by atoms with Crippen LogP contribution in [0.3, 0.4) is 0 Å². The Balaban J connectivity index is 0.000000807. The second-order valence-electron chi connectivity index (χ2n) is 5.10. The summed E-state index contributed by atoms with van der Waals surface area (Å²) >= 11 is -0.542. The number of hydrogen-bond donors (Lipinski definition) is 0. The Hall–Kier alpha value is 0.253. The molecule has 0 N–H and O–H groups in total. The molecule has 0 bridgehead atoms. The molecular formula is C18H16Cl2InZr. The smallest absolute Gasteiger partial charge is 0 e. The van der Waals surface area contributed by atoms with Crippen molar-refractivity contribution in [2.45, 2.75) is 7.25 Å². The topological polar surface area (TPSA) is 0 Å². The molecule has 2 atom stereocenters. The first-order valence-electron chi connectivity index (χ1n) is 6.72. The van der Waals surface area contributed by atoms with Crippen LogP contribution in [-0.4, -0.2) is 25.8 Å². The quantitative estimate of drug-likeness (QED) is 0.531. The van der Waals surface area contributed by atoms with E-state index in [0.717, 1.165) is 7.25 Å². The van der Waals surface area contributed by atoms with Gasteiger partial charge < -0.3 is 0 Å². The molecule has 2 aliphatic carbocycles. The summed E-state index contributed by atoms with van der Waals surface area (Å²) in [6.45, 7) is 0. The molecule has 0 amide bonds. The first-order chi connectivity index (χ1) is 9.42. The van der Waals surface area contributed by atoms with E-state index < -0.39 is 23.2 Å². The minimum Gasteiger partial charge on any atom is -0.147 e. The average Bonchev–Trinajstić information content (AvgIpc) is 3.05. The van der Waals surface area contributed by atoms with Crippen molar-refractivity contribution in [3.8, 4) is 0 Å². The van der Waals surface area contributed by atoms with Crippen molar-refractivity contribution in [3.63, 3.8) is 0 Å². The summed E-state index contributed by atoms with van der Waals surface area (Å²) in [4.78, 5) is 0. The number of benzene rings is 2. The summed E-state index contributed by atoms with van der Waals surface area (Å²) in [7, 11) is 0. The third kappa shape index (κ3) is 3.83. The van der Waals surface area contributed by atoms with E-state index in [1.54, 1.807) is 11.1 Å². The van der Waals surface area contributed by atoms with Crippen molar-refractivity contribution >= 4 is 62.8 Å². The molecule has 0 heterocycles. The second-order valence-corrected chi connectivity index (χ2v) is 8.98. The van der Waals surface area contributed by atoms with Gasteiger partial charge in [-0.3, -0.25) is 0 Å². The summed E-state index contributed by atoms with van der Waals surface area (Å²) < 4.78 is 1.47. The Morgan fingerprint density at radius 2 is 1.05 bits per heavy atom. The fourth-order valence-corrected chi connectivity index (χ4v) is 7.13. The van der Waals surface area contributed by atoms with Gasteiger partial charge in [-0.1, -0.05) is 0 Å². The third-order valence-corrected chi connectivity index (χ3v) is 8.20. The molecule has 22 heavy (non-hydrogen) atoms. The van der Waals surface area contributed by atoms with E-state index in [4.69, 9.17) is 0 Å². The molecule has 0 aromatic heterocycles. The normalized spacial score (nSPS) is 19.3. The maximum absolute atomic E-state index is 2.44.